The Labute approximate surface area is 178 Å². The Morgan fingerprint density at radius 3 is 1.97 bits per heavy atom. The van der Waals surface area contributed by atoms with Gasteiger partial charge in [0.1, 0.15) is 5.75 Å². The monoisotopic (exact) mass is 406 g/mol. The Balaban J connectivity index is 1.52. The Bertz CT molecular complexity index is 939. The molecule has 0 saturated carbocycles. The quantitative estimate of drug-likeness (QED) is 0.156. The third-order valence-electron chi connectivity index (χ3n) is 5.23. The van der Waals surface area contributed by atoms with E-state index in [0.29, 0.717) is 12.4 Å². The van der Waals surface area contributed by atoms with Crippen molar-refractivity contribution in [3.05, 3.63) is 54.6 Å². The second-order valence-corrected chi connectivity index (χ2v) is 7.61. The van der Waals surface area contributed by atoms with Gasteiger partial charge in [0.2, 0.25) is 0 Å². The van der Waals surface area contributed by atoms with E-state index >= 15 is 0 Å². The molecule has 30 heavy (non-hydrogen) atoms. The number of benzene rings is 3. The van der Waals surface area contributed by atoms with Gasteiger partial charge >= 0.3 is 11.9 Å². The molecule has 0 N–H and O–H groups in total. The number of ether oxygens (including phenoxy) is 2. The van der Waals surface area contributed by atoms with Crippen molar-refractivity contribution in [2.45, 2.75) is 58.3 Å². The molecule has 0 aliphatic heterocycles. The first-order valence-electron chi connectivity index (χ1n) is 11.0. The summed E-state index contributed by atoms with van der Waals surface area (Å²) in [4.78, 5) is 24.4. The highest BCUT2D eigenvalue weighted by atomic mass is 16.5. The molecule has 0 amide bonds. The lowest BCUT2D eigenvalue weighted by molar-refractivity contribution is -0.147. The van der Waals surface area contributed by atoms with Crippen LogP contribution in [0.25, 0.3) is 21.5 Å². The zero-order chi connectivity index (χ0) is 21.2. The maximum absolute atomic E-state index is 12.5. The van der Waals surface area contributed by atoms with E-state index in [9.17, 15) is 9.59 Å². The summed E-state index contributed by atoms with van der Waals surface area (Å²) in [6.45, 7) is 2.61. The Kier molecular flexibility index (Phi) is 8.25. The van der Waals surface area contributed by atoms with Gasteiger partial charge in [0.25, 0.3) is 0 Å². The second-order valence-electron chi connectivity index (χ2n) is 7.61. The van der Waals surface area contributed by atoms with Crippen LogP contribution in [0.3, 0.4) is 0 Å². The summed E-state index contributed by atoms with van der Waals surface area (Å²) in [5, 5.41) is 3.79. The van der Waals surface area contributed by atoms with Crippen LogP contribution in [0.5, 0.6) is 5.75 Å². The van der Waals surface area contributed by atoms with Crippen LogP contribution in [-0.2, 0) is 14.3 Å². The van der Waals surface area contributed by atoms with Gasteiger partial charge in [0.15, 0.2) is 0 Å². The summed E-state index contributed by atoms with van der Waals surface area (Å²) in [5.74, 6) is -0.217. The molecule has 0 atom stereocenters. The average molecular weight is 407 g/mol. The molecule has 3 aromatic carbocycles. The number of hydrogen-bond acceptors (Lipinski definition) is 4. The van der Waals surface area contributed by atoms with E-state index in [2.05, 4.69) is 13.0 Å². The average Bonchev–Trinajstić information content (AvgIpc) is 2.77. The Morgan fingerprint density at radius 2 is 1.30 bits per heavy atom. The van der Waals surface area contributed by atoms with E-state index in [0.717, 1.165) is 34.4 Å². The number of rotatable bonds is 11. The van der Waals surface area contributed by atoms with Gasteiger partial charge in [-0.1, -0.05) is 87.6 Å². The van der Waals surface area contributed by atoms with Gasteiger partial charge in [0, 0.05) is 10.8 Å². The molecular formula is C26H30O4. The Morgan fingerprint density at radius 1 is 0.733 bits per heavy atom. The van der Waals surface area contributed by atoms with Crippen LogP contribution in [0.15, 0.2) is 54.6 Å². The van der Waals surface area contributed by atoms with Gasteiger partial charge in [-0.05, 0) is 23.3 Å². The summed E-state index contributed by atoms with van der Waals surface area (Å²) < 4.78 is 11.0. The Hall–Kier alpha value is -2.88. The molecule has 0 unspecified atom stereocenters. The highest BCUT2D eigenvalue weighted by molar-refractivity contribution is 6.06. The van der Waals surface area contributed by atoms with Gasteiger partial charge in [-0.2, -0.15) is 0 Å². The largest absolute Gasteiger partial charge is 0.466 e. The van der Waals surface area contributed by atoms with Crippen molar-refractivity contribution in [2.24, 2.45) is 0 Å². The van der Waals surface area contributed by atoms with Crippen LogP contribution < -0.4 is 4.74 Å². The molecule has 0 spiro atoms. The second kappa shape index (κ2) is 11.3. The van der Waals surface area contributed by atoms with E-state index in [4.69, 9.17) is 9.47 Å². The molecule has 0 aromatic heterocycles. The standard InChI is InChI=1S/C26H30O4/c1-2-3-4-5-6-11-18-29-24(27)16-17-25(28)30-26-22-14-9-7-12-20(22)19-21-13-8-10-15-23(21)26/h7-10,12-15,19H,2-6,11,16-18H2,1H3. The van der Waals surface area contributed by atoms with Crippen LogP contribution >= 0.6 is 0 Å². The van der Waals surface area contributed by atoms with Crippen molar-refractivity contribution in [2.75, 3.05) is 6.61 Å². The minimum atomic E-state index is -0.423. The lowest BCUT2D eigenvalue weighted by atomic mass is 10.0. The maximum atomic E-state index is 12.5. The van der Waals surface area contributed by atoms with Crippen molar-refractivity contribution in [3.8, 4) is 5.75 Å². The fourth-order valence-corrected chi connectivity index (χ4v) is 3.59. The lowest BCUT2D eigenvalue weighted by Gasteiger charge is -2.12. The molecule has 4 nitrogen and oxygen atoms in total. The van der Waals surface area contributed by atoms with Crippen LogP contribution in [0.1, 0.15) is 58.3 Å². The summed E-state index contributed by atoms with van der Waals surface area (Å²) in [6, 6.07) is 17.7. The van der Waals surface area contributed by atoms with Crippen molar-refractivity contribution in [1.29, 1.82) is 0 Å². The third-order valence-corrected chi connectivity index (χ3v) is 5.23. The molecule has 0 radical (unpaired) electrons. The van der Waals surface area contributed by atoms with Gasteiger partial charge in [-0.3, -0.25) is 9.59 Å². The molecule has 0 aliphatic rings. The molecule has 0 fully saturated rings. The number of carbonyl (C=O) groups is 2. The molecule has 0 heterocycles. The van der Waals surface area contributed by atoms with Crippen LogP contribution in [-0.4, -0.2) is 18.5 Å². The minimum absolute atomic E-state index is 0.00683. The van der Waals surface area contributed by atoms with Gasteiger partial charge in [-0.25, -0.2) is 0 Å². The number of carbonyl (C=O) groups excluding carboxylic acids is 2. The highest BCUT2D eigenvalue weighted by Gasteiger charge is 2.14. The number of hydrogen-bond donors (Lipinski definition) is 0. The van der Waals surface area contributed by atoms with E-state index in [1.807, 2.05) is 48.5 Å². The van der Waals surface area contributed by atoms with E-state index in [-0.39, 0.29) is 18.8 Å². The molecule has 0 aliphatic carbocycles. The van der Waals surface area contributed by atoms with E-state index in [1.54, 1.807) is 0 Å². The molecular weight excluding hydrogens is 376 g/mol. The van der Waals surface area contributed by atoms with Crippen LogP contribution in [0.4, 0.5) is 0 Å². The van der Waals surface area contributed by atoms with E-state index in [1.165, 1.54) is 25.7 Å². The SMILES string of the molecule is CCCCCCCCOC(=O)CCC(=O)Oc1c2ccccc2cc2ccccc12. The first-order valence-corrected chi connectivity index (χ1v) is 11.0. The zero-order valence-corrected chi connectivity index (χ0v) is 17.7. The van der Waals surface area contributed by atoms with Gasteiger partial charge in [0.05, 0.1) is 19.4 Å². The highest BCUT2D eigenvalue weighted by Crippen LogP contribution is 2.35. The van der Waals surface area contributed by atoms with Crippen molar-refractivity contribution >= 4 is 33.5 Å². The summed E-state index contributed by atoms with van der Waals surface area (Å²) in [7, 11) is 0. The first-order chi connectivity index (χ1) is 14.7. The number of unbranched alkanes of at least 4 members (excludes halogenated alkanes) is 5. The zero-order valence-electron chi connectivity index (χ0n) is 17.7. The number of esters is 2. The fraction of sp³-hybridized carbons (Fsp3) is 0.385. The van der Waals surface area contributed by atoms with Crippen molar-refractivity contribution in [1.82, 2.24) is 0 Å². The van der Waals surface area contributed by atoms with Gasteiger partial charge < -0.3 is 9.47 Å². The lowest BCUT2D eigenvalue weighted by Crippen LogP contribution is -2.13. The molecule has 0 saturated heterocycles. The topological polar surface area (TPSA) is 52.6 Å². The maximum Gasteiger partial charge on any atom is 0.311 e. The summed E-state index contributed by atoms with van der Waals surface area (Å²) in [6.07, 6.45) is 6.89. The van der Waals surface area contributed by atoms with Crippen molar-refractivity contribution in [3.63, 3.8) is 0 Å². The molecule has 3 rings (SSSR count). The summed E-state index contributed by atoms with van der Waals surface area (Å²) >= 11 is 0. The third kappa shape index (κ3) is 6.06. The van der Waals surface area contributed by atoms with Gasteiger partial charge in [-0.15, -0.1) is 0 Å². The molecule has 158 valence electrons. The molecule has 0 bridgehead atoms. The van der Waals surface area contributed by atoms with Crippen molar-refractivity contribution < 1.29 is 19.1 Å². The van der Waals surface area contributed by atoms with Crippen LogP contribution in [0.2, 0.25) is 0 Å². The molecule has 3 aromatic rings. The van der Waals surface area contributed by atoms with Crippen LogP contribution in [0, 0.1) is 0 Å². The normalized spacial score (nSPS) is 11.0. The number of fused-ring (bicyclic) bond motifs is 2. The molecule has 4 heteroatoms. The predicted molar refractivity (Wildman–Crippen MR) is 121 cm³/mol. The predicted octanol–water partition coefficient (Wildman–Crippen LogP) is 6.58. The smallest absolute Gasteiger partial charge is 0.311 e. The summed E-state index contributed by atoms with van der Waals surface area (Å²) in [5.41, 5.74) is 0. The minimum Gasteiger partial charge on any atom is -0.466 e. The van der Waals surface area contributed by atoms with E-state index < -0.39 is 5.97 Å². The first kappa shape index (κ1) is 21.8. The fourth-order valence-electron chi connectivity index (χ4n) is 3.59.